The molecular weight excluding hydrogens is 406 g/mol. The molecule has 0 fully saturated rings. The molecule has 0 bridgehead atoms. The van der Waals surface area contributed by atoms with Crippen LogP contribution in [0.4, 0.5) is 5.69 Å². The van der Waals surface area contributed by atoms with Crippen LogP contribution in [0.25, 0.3) is 22.0 Å². The van der Waals surface area contributed by atoms with E-state index in [1.165, 1.54) is 0 Å². The molecule has 0 aliphatic heterocycles. The zero-order valence-electron chi connectivity index (χ0n) is 16.9. The molecule has 0 amide bonds. The van der Waals surface area contributed by atoms with Gasteiger partial charge in [-0.15, -0.1) is 0 Å². The molecule has 5 rings (SSSR count). The van der Waals surface area contributed by atoms with E-state index < -0.39 is 0 Å². The summed E-state index contributed by atoms with van der Waals surface area (Å²) in [5.74, 6) is -0.0409. The summed E-state index contributed by atoms with van der Waals surface area (Å²) >= 11 is 6.53. The fraction of sp³-hybridized carbons (Fsp3) is 0.0800. The molecule has 6 heteroatoms. The normalized spacial score (nSPS) is 12.2. The van der Waals surface area contributed by atoms with Crippen LogP contribution in [0.5, 0.6) is 0 Å². The van der Waals surface area contributed by atoms with Gasteiger partial charge in [0.2, 0.25) is 0 Å². The monoisotopic (exact) mass is 425 g/mol. The number of aryl methyl sites for hydroxylation is 1. The number of halogens is 1. The first-order valence-corrected chi connectivity index (χ1v) is 10.3. The van der Waals surface area contributed by atoms with Gasteiger partial charge in [0.25, 0.3) is 0 Å². The minimum atomic E-state index is -0.0409. The second-order valence-corrected chi connectivity index (χ2v) is 7.84. The van der Waals surface area contributed by atoms with Crippen molar-refractivity contribution in [2.75, 3.05) is 5.73 Å². The van der Waals surface area contributed by atoms with Crippen LogP contribution >= 0.6 is 11.6 Å². The van der Waals surface area contributed by atoms with E-state index in [4.69, 9.17) is 17.3 Å². The number of pyridine rings is 2. The van der Waals surface area contributed by atoms with Crippen LogP contribution in [0.1, 0.15) is 22.7 Å². The first kappa shape index (κ1) is 19.3. The zero-order chi connectivity index (χ0) is 21.4. The van der Waals surface area contributed by atoms with Crippen molar-refractivity contribution in [3.8, 4) is 11.1 Å². The van der Waals surface area contributed by atoms with Gasteiger partial charge in [-0.25, -0.2) is 9.97 Å². The predicted molar refractivity (Wildman–Crippen MR) is 125 cm³/mol. The van der Waals surface area contributed by atoms with Crippen molar-refractivity contribution < 1.29 is 0 Å². The van der Waals surface area contributed by atoms with Gasteiger partial charge < -0.3 is 10.3 Å². The highest BCUT2D eigenvalue weighted by atomic mass is 35.5. The number of hydrogen-bond donors (Lipinski definition) is 1. The van der Waals surface area contributed by atoms with E-state index in [1.807, 2.05) is 72.8 Å². The molecule has 3 heterocycles. The highest BCUT2D eigenvalue weighted by molar-refractivity contribution is 6.33. The number of benzene rings is 2. The first-order chi connectivity index (χ1) is 15.1. The molecule has 2 aromatic carbocycles. The maximum Gasteiger partial charge on any atom is 0.139 e. The Kier molecular flexibility index (Phi) is 4.88. The molecule has 31 heavy (non-hydrogen) atoms. The quantitative estimate of drug-likeness (QED) is 0.389. The number of nitrogen functional groups attached to an aromatic ring is 1. The van der Waals surface area contributed by atoms with Crippen LogP contribution in [-0.4, -0.2) is 19.5 Å². The standard InChI is InChI=1S/C25H20ClN5/c1-31-15-29-14-21(31)22(18-8-5-11-28-13-18)17-9-10-20-19(12-17)24(27)23(25(26)30-20)16-6-3-2-4-7-16/h2-15,22H,1H3,(H2,27,30). The Morgan fingerprint density at radius 1 is 0.935 bits per heavy atom. The third kappa shape index (κ3) is 3.43. The fourth-order valence-corrected chi connectivity index (χ4v) is 4.36. The van der Waals surface area contributed by atoms with E-state index in [9.17, 15) is 0 Å². The fourth-order valence-electron chi connectivity index (χ4n) is 4.06. The van der Waals surface area contributed by atoms with Crippen LogP contribution in [0, 0.1) is 0 Å². The third-order valence-electron chi connectivity index (χ3n) is 5.57. The van der Waals surface area contributed by atoms with Gasteiger partial charge >= 0.3 is 0 Å². The molecule has 0 aliphatic rings. The Bertz CT molecular complexity index is 1360. The summed E-state index contributed by atoms with van der Waals surface area (Å²) in [5.41, 5.74) is 13.0. The van der Waals surface area contributed by atoms with Crippen molar-refractivity contribution in [3.63, 3.8) is 0 Å². The number of hydrogen-bond acceptors (Lipinski definition) is 4. The largest absolute Gasteiger partial charge is 0.398 e. The Morgan fingerprint density at radius 3 is 2.48 bits per heavy atom. The second kappa shape index (κ2) is 7.85. The van der Waals surface area contributed by atoms with Crippen molar-refractivity contribution in [2.45, 2.75) is 5.92 Å². The molecular formula is C25H20ClN5. The molecule has 5 nitrogen and oxygen atoms in total. The Labute approximate surface area is 185 Å². The van der Waals surface area contributed by atoms with Crippen molar-refractivity contribution in [2.24, 2.45) is 7.05 Å². The zero-order valence-corrected chi connectivity index (χ0v) is 17.7. The Balaban J connectivity index is 1.74. The van der Waals surface area contributed by atoms with Crippen LogP contribution in [-0.2, 0) is 7.05 Å². The number of aromatic nitrogens is 4. The number of fused-ring (bicyclic) bond motifs is 1. The molecule has 152 valence electrons. The van der Waals surface area contributed by atoms with Gasteiger partial charge in [-0.3, -0.25) is 4.98 Å². The van der Waals surface area contributed by atoms with E-state index in [1.54, 1.807) is 6.20 Å². The lowest BCUT2D eigenvalue weighted by atomic mass is 9.88. The molecule has 1 atom stereocenters. The minimum absolute atomic E-state index is 0.0409. The SMILES string of the molecule is Cn1cncc1C(c1cccnc1)c1ccc2nc(Cl)c(-c3ccccc3)c(N)c2c1. The molecule has 2 N–H and O–H groups in total. The van der Waals surface area contributed by atoms with E-state index in [0.717, 1.165) is 38.9 Å². The van der Waals surface area contributed by atoms with Gasteiger partial charge in [0.1, 0.15) is 5.15 Å². The number of rotatable bonds is 4. The average Bonchev–Trinajstić information content (AvgIpc) is 3.21. The first-order valence-electron chi connectivity index (χ1n) is 9.93. The lowest BCUT2D eigenvalue weighted by molar-refractivity contribution is 0.791. The van der Waals surface area contributed by atoms with E-state index >= 15 is 0 Å². The molecule has 0 saturated carbocycles. The van der Waals surface area contributed by atoms with Crippen LogP contribution in [0.15, 0.2) is 85.6 Å². The van der Waals surface area contributed by atoms with Crippen molar-refractivity contribution >= 4 is 28.2 Å². The summed E-state index contributed by atoms with van der Waals surface area (Å²) < 4.78 is 2.03. The summed E-state index contributed by atoms with van der Waals surface area (Å²) in [4.78, 5) is 13.3. The van der Waals surface area contributed by atoms with Crippen molar-refractivity contribution in [1.82, 2.24) is 19.5 Å². The number of imidazole rings is 1. The highest BCUT2D eigenvalue weighted by Gasteiger charge is 2.22. The van der Waals surface area contributed by atoms with Crippen LogP contribution in [0.3, 0.4) is 0 Å². The predicted octanol–water partition coefficient (Wildman–Crippen LogP) is 5.45. The molecule has 1 unspecified atom stereocenters. The van der Waals surface area contributed by atoms with Gasteiger partial charge in [0.05, 0.1) is 23.4 Å². The maximum atomic E-state index is 6.65. The maximum absolute atomic E-state index is 6.65. The van der Waals surface area contributed by atoms with Crippen LogP contribution in [0.2, 0.25) is 5.15 Å². The number of nitrogens with zero attached hydrogens (tertiary/aromatic N) is 4. The molecule has 5 aromatic rings. The van der Waals surface area contributed by atoms with E-state index in [-0.39, 0.29) is 5.92 Å². The summed E-state index contributed by atoms with van der Waals surface area (Å²) in [6, 6.07) is 20.0. The smallest absolute Gasteiger partial charge is 0.139 e. The summed E-state index contributed by atoms with van der Waals surface area (Å²) in [6.45, 7) is 0. The molecule has 0 radical (unpaired) electrons. The van der Waals surface area contributed by atoms with Gasteiger partial charge in [-0.1, -0.05) is 54.1 Å². The Hall–Kier alpha value is -3.70. The topological polar surface area (TPSA) is 69.6 Å². The highest BCUT2D eigenvalue weighted by Crippen LogP contribution is 2.39. The summed E-state index contributed by atoms with van der Waals surface area (Å²) in [7, 11) is 2.00. The summed E-state index contributed by atoms with van der Waals surface area (Å²) in [6.07, 6.45) is 7.37. The lowest BCUT2D eigenvalue weighted by Crippen LogP contribution is -2.08. The average molecular weight is 426 g/mol. The lowest BCUT2D eigenvalue weighted by Gasteiger charge is -2.20. The molecule has 3 aromatic heterocycles. The minimum Gasteiger partial charge on any atom is -0.398 e. The van der Waals surface area contributed by atoms with Gasteiger partial charge in [-0.2, -0.15) is 0 Å². The Morgan fingerprint density at radius 2 is 1.77 bits per heavy atom. The molecule has 0 aliphatic carbocycles. The van der Waals surface area contributed by atoms with E-state index in [2.05, 4.69) is 33.2 Å². The van der Waals surface area contributed by atoms with Gasteiger partial charge in [-0.05, 0) is 34.9 Å². The second-order valence-electron chi connectivity index (χ2n) is 7.48. The number of nitrogens with two attached hydrogens (primary N) is 1. The molecule has 0 saturated heterocycles. The number of anilines is 1. The third-order valence-corrected chi connectivity index (χ3v) is 5.84. The van der Waals surface area contributed by atoms with Crippen molar-refractivity contribution in [1.29, 1.82) is 0 Å². The van der Waals surface area contributed by atoms with E-state index in [0.29, 0.717) is 10.8 Å². The summed E-state index contributed by atoms with van der Waals surface area (Å²) in [5, 5.41) is 1.27. The molecule has 0 spiro atoms. The van der Waals surface area contributed by atoms with Gasteiger partial charge in [0, 0.05) is 42.3 Å². The van der Waals surface area contributed by atoms with Crippen LogP contribution < -0.4 is 5.73 Å². The van der Waals surface area contributed by atoms with Crippen molar-refractivity contribution in [3.05, 3.63) is 108 Å². The van der Waals surface area contributed by atoms with Gasteiger partial charge in [0.15, 0.2) is 0 Å².